The molecule has 1 aliphatic heterocycles. The first-order chi connectivity index (χ1) is 6.27. The van der Waals surface area contributed by atoms with Crippen LogP contribution in [0, 0.1) is 17.8 Å². The van der Waals surface area contributed by atoms with Crippen LogP contribution in [0.2, 0.25) is 0 Å². The van der Waals surface area contributed by atoms with E-state index in [1.54, 1.807) is 0 Å². The molecular weight excluding hydrogens is 162 g/mol. The molecule has 2 unspecified atom stereocenters. The van der Waals surface area contributed by atoms with Gasteiger partial charge in [-0.3, -0.25) is 4.90 Å². The van der Waals surface area contributed by atoms with Gasteiger partial charge < -0.3 is 5.11 Å². The molecule has 1 saturated heterocycles. The number of nitrogens with zero attached hydrogens (tertiary/aromatic N) is 1. The molecular formula is C11H19NO. The maximum atomic E-state index is 9.65. The lowest BCUT2D eigenvalue weighted by Gasteiger charge is -2.34. The molecule has 0 aromatic carbocycles. The summed E-state index contributed by atoms with van der Waals surface area (Å²) in [5.41, 5.74) is 0. The molecule has 0 aromatic heterocycles. The average molecular weight is 181 g/mol. The van der Waals surface area contributed by atoms with E-state index in [1.165, 1.54) is 0 Å². The maximum Gasteiger partial charge on any atom is 0.0601 e. The van der Waals surface area contributed by atoms with Crippen molar-refractivity contribution in [1.29, 1.82) is 0 Å². The van der Waals surface area contributed by atoms with Crippen LogP contribution in [0.1, 0.15) is 26.7 Å². The Labute approximate surface area is 80.9 Å². The molecule has 2 heteroatoms. The Kier molecular flexibility index (Phi) is 4.27. The summed E-state index contributed by atoms with van der Waals surface area (Å²) in [5, 5.41) is 9.65. The number of rotatable bonds is 2. The summed E-state index contributed by atoms with van der Waals surface area (Å²) in [7, 11) is 0. The molecule has 0 saturated carbocycles. The highest BCUT2D eigenvalue weighted by molar-refractivity contribution is 4.98. The van der Waals surface area contributed by atoms with Gasteiger partial charge in [0.2, 0.25) is 0 Å². The average Bonchev–Trinajstić information content (AvgIpc) is 2.16. The molecule has 2 atom stereocenters. The molecule has 2 nitrogen and oxygen atoms in total. The number of hydrogen-bond acceptors (Lipinski definition) is 2. The second-order valence-corrected chi connectivity index (χ2v) is 3.69. The summed E-state index contributed by atoms with van der Waals surface area (Å²) in [4.78, 5) is 2.33. The Morgan fingerprint density at radius 3 is 2.92 bits per heavy atom. The predicted molar refractivity (Wildman–Crippen MR) is 54.3 cm³/mol. The molecule has 1 aliphatic rings. The van der Waals surface area contributed by atoms with Gasteiger partial charge in [-0.1, -0.05) is 12.8 Å². The molecule has 0 spiro atoms. The topological polar surface area (TPSA) is 23.5 Å². The SMILES string of the molecule is CC#CCN1CCC(O)C(CC)C1. The number of hydrogen-bond donors (Lipinski definition) is 1. The number of aliphatic hydroxyl groups excluding tert-OH is 1. The molecule has 0 radical (unpaired) electrons. The third-order valence-corrected chi connectivity index (χ3v) is 2.78. The van der Waals surface area contributed by atoms with E-state index in [1.807, 2.05) is 6.92 Å². The van der Waals surface area contributed by atoms with E-state index in [9.17, 15) is 5.11 Å². The highest BCUT2D eigenvalue weighted by atomic mass is 16.3. The van der Waals surface area contributed by atoms with Crippen LogP contribution in [-0.2, 0) is 0 Å². The third-order valence-electron chi connectivity index (χ3n) is 2.78. The van der Waals surface area contributed by atoms with Gasteiger partial charge >= 0.3 is 0 Å². The smallest absolute Gasteiger partial charge is 0.0601 e. The quantitative estimate of drug-likeness (QED) is 0.645. The Hall–Kier alpha value is -0.520. The minimum absolute atomic E-state index is 0.0872. The van der Waals surface area contributed by atoms with Crippen LogP contribution in [0.25, 0.3) is 0 Å². The second kappa shape index (κ2) is 5.26. The second-order valence-electron chi connectivity index (χ2n) is 3.69. The predicted octanol–water partition coefficient (Wildman–Crippen LogP) is 1.10. The van der Waals surface area contributed by atoms with Gasteiger partial charge in [0, 0.05) is 13.1 Å². The Bertz CT molecular complexity index is 204. The molecule has 0 amide bonds. The fourth-order valence-electron chi connectivity index (χ4n) is 1.83. The fourth-order valence-corrected chi connectivity index (χ4v) is 1.83. The number of aliphatic hydroxyl groups is 1. The number of likely N-dealkylation sites (tertiary alicyclic amines) is 1. The molecule has 74 valence electrons. The van der Waals surface area contributed by atoms with E-state index < -0.39 is 0 Å². The summed E-state index contributed by atoms with van der Waals surface area (Å²) in [6.45, 7) is 6.87. The fraction of sp³-hybridized carbons (Fsp3) is 0.818. The molecule has 1 heterocycles. The van der Waals surface area contributed by atoms with Crippen LogP contribution in [0.3, 0.4) is 0 Å². The van der Waals surface area contributed by atoms with Gasteiger partial charge in [-0.25, -0.2) is 0 Å². The van der Waals surface area contributed by atoms with Gasteiger partial charge in [-0.15, -0.1) is 5.92 Å². The van der Waals surface area contributed by atoms with Crippen molar-refractivity contribution in [2.45, 2.75) is 32.8 Å². The summed E-state index contributed by atoms with van der Waals surface area (Å²) in [6.07, 6.45) is 1.89. The molecule has 0 aromatic rings. The summed E-state index contributed by atoms with van der Waals surface area (Å²) in [6, 6.07) is 0. The van der Waals surface area contributed by atoms with Gasteiger partial charge in [-0.05, 0) is 25.7 Å². The lowest BCUT2D eigenvalue weighted by Crippen LogP contribution is -2.42. The molecule has 1 fully saturated rings. The van der Waals surface area contributed by atoms with Crippen molar-refractivity contribution in [1.82, 2.24) is 4.90 Å². The van der Waals surface area contributed by atoms with Crippen LogP contribution in [0.5, 0.6) is 0 Å². The van der Waals surface area contributed by atoms with Crippen LogP contribution < -0.4 is 0 Å². The van der Waals surface area contributed by atoms with Crippen molar-refractivity contribution >= 4 is 0 Å². The van der Waals surface area contributed by atoms with E-state index >= 15 is 0 Å². The zero-order valence-electron chi connectivity index (χ0n) is 8.58. The van der Waals surface area contributed by atoms with Crippen LogP contribution in [0.4, 0.5) is 0 Å². The summed E-state index contributed by atoms with van der Waals surface area (Å²) < 4.78 is 0. The Morgan fingerprint density at radius 2 is 2.31 bits per heavy atom. The van der Waals surface area contributed by atoms with E-state index in [2.05, 4.69) is 23.7 Å². The van der Waals surface area contributed by atoms with Gasteiger partial charge in [0.05, 0.1) is 12.6 Å². The van der Waals surface area contributed by atoms with Crippen molar-refractivity contribution in [3.05, 3.63) is 0 Å². The van der Waals surface area contributed by atoms with Crippen molar-refractivity contribution < 1.29 is 5.11 Å². The standard InChI is InChI=1S/C11H19NO/c1-3-5-7-12-8-6-11(13)10(4-2)9-12/h10-11,13H,4,6-9H2,1-2H3. The van der Waals surface area contributed by atoms with Crippen LogP contribution >= 0.6 is 0 Å². The zero-order valence-corrected chi connectivity index (χ0v) is 8.58. The van der Waals surface area contributed by atoms with Crippen molar-refractivity contribution in [2.75, 3.05) is 19.6 Å². The lowest BCUT2D eigenvalue weighted by molar-refractivity contribution is 0.0302. The van der Waals surface area contributed by atoms with Crippen LogP contribution in [0.15, 0.2) is 0 Å². The first-order valence-electron chi connectivity index (χ1n) is 5.08. The Balaban J connectivity index is 2.38. The third kappa shape index (κ3) is 3.02. The molecule has 13 heavy (non-hydrogen) atoms. The van der Waals surface area contributed by atoms with Gasteiger partial charge in [0.15, 0.2) is 0 Å². The highest BCUT2D eigenvalue weighted by Gasteiger charge is 2.25. The van der Waals surface area contributed by atoms with E-state index in [0.29, 0.717) is 5.92 Å². The van der Waals surface area contributed by atoms with E-state index in [0.717, 1.165) is 32.5 Å². The minimum atomic E-state index is -0.0872. The monoisotopic (exact) mass is 181 g/mol. The van der Waals surface area contributed by atoms with Crippen LogP contribution in [-0.4, -0.2) is 35.7 Å². The lowest BCUT2D eigenvalue weighted by atomic mass is 9.92. The van der Waals surface area contributed by atoms with Gasteiger partial charge in [0.25, 0.3) is 0 Å². The summed E-state index contributed by atoms with van der Waals surface area (Å²) in [5.74, 6) is 6.43. The largest absolute Gasteiger partial charge is 0.393 e. The molecule has 0 bridgehead atoms. The van der Waals surface area contributed by atoms with Crippen molar-refractivity contribution in [3.8, 4) is 11.8 Å². The molecule has 1 N–H and O–H groups in total. The van der Waals surface area contributed by atoms with Crippen molar-refractivity contribution in [3.63, 3.8) is 0 Å². The van der Waals surface area contributed by atoms with Gasteiger partial charge in [-0.2, -0.15) is 0 Å². The van der Waals surface area contributed by atoms with E-state index in [4.69, 9.17) is 0 Å². The normalized spacial score (nSPS) is 29.5. The minimum Gasteiger partial charge on any atom is -0.393 e. The summed E-state index contributed by atoms with van der Waals surface area (Å²) >= 11 is 0. The molecule has 1 rings (SSSR count). The number of piperidine rings is 1. The Morgan fingerprint density at radius 1 is 1.54 bits per heavy atom. The van der Waals surface area contributed by atoms with Crippen molar-refractivity contribution in [2.24, 2.45) is 5.92 Å². The highest BCUT2D eigenvalue weighted by Crippen LogP contribution is 2.19. The van der Waals surface area contributed by atoms with E-state index in [-0.39, 0.29) is 6.10 Å². The first-order valence-corrected chi connectivity index (χ1v) is 5.08. The maximum absolute atomic E-state index is 9.65. The zero-order chi connectivity index (χ0) is 9.68. The molecule has 0 aliphatic carbocycles. The first kappa shape index (κ1) is 10.6. The van der Waals surface area contributed by atoms with Gasteiger partial charge in [0.1, 0.15) is 0 Å².